The van der Waals surface area contributed by atoms with E-state index in [1.807, 2.05) is 65.6 Å². The number of pyridine rings is 1. The van der Waals surface area contributed by atoms with Gasteiger partial charge in [0.15, 0.2) is 0 Å². The predicted molar refractivity (Wildman–Crippen MR) is 109 cm³/mol. The van der Waals surface area contributed by atoms with Crippen LogP contribution in [0, 0.1) is 0 Å². The smallest absolute Gasteiger partial charge is 0.256 e. The average molecular weight is 375 g/mol. The molecule has 2 aromatic carbocycles. The first-order chi connectivity index (χ1) is 13.3. The molecular formula is C22H21N3OS. The second-order valence-corrected chi connectivity index (χ2v) is 7.58. The Hall–Kier alpha value is -2.79. The third kappa shape index (κ3) is 4.31. The molecule has 1 aliphatic rings. The van der Waals surface area contributed by atoms with Crippen LogP contribution in [0.4, 0.5) is 5.69 Å². The second kappa shape index (κ2) is 8.27. The fraction of sp³-hybridized carbons (Fsp3) is 0.182. The summed E-state index contributed by atoms with van der Waals surface area (Å²) in [4.78, 5) is 20.6. The monoisotopic (exact) mass is 375 g/mol. The van der Waals surface area contributed by atoms with E-state index in [4.69, 9.17) is 0 Å². The van der Waals surface area contributed by atoms with Crippen molar-refractivity contribution in [3.63, 3.8) is 0 Å². The minimum atomic E-state index is 0.0545. The third-order valence-corrected chi connectivity index (χ3v) is 5.61. The van der Waals surface area contributed by atoms with Crippen molar-refractivity contribution in [2.24, 2.45) is 0 Å². The van der Waals surface area contributed by atoms with Crippen LogP contribution >= 0.6 is 11.8 Å². The fourth-order valence-electron chi connectivity index (χ4n) is 3.24. The summed E-state index contributed by atoms with van der Waals surface area (Å²) in [6.07, 6.45) is 2.69. The maximum atomic E-state index is 13.1. The minimum absolute atomic E-state index is 0.0545. The Labute approximate surface area is 163 Å². The summed E-state index contributed by atoms with van der Waals surface area (Å²) >= 11 is 1.53. The first kappa shape index (κ1) is 17.6. The molecule has 136 valence electrons. The van der Waals surface area contributed by atoms with Crippen molar-refractivity contribution in [1.29, 1.82) is 0 Å². The number of aromatic nitrogens is 1. The summed E-state index contributed by atoms with van der Waals surface area (Å²) in [6, 6.07) is 24.2. The lowest BCUT2D eigenvalue weighted by Gasteiger charge is -2.19. The Morgan fingerprint density at radius 2 is 1.74 bits per heavy atom. The molecule has 0 radical (unpaired) electrons. The number of likely N-dealkylation sites (tertiary alicyclic amines) is 1. The molecule has 1 amide bonds. The number of rotatable bonds is 5. The zero-order valence-corrected chi connectivity index (χ0v) is 15.7. The summed E-state index contributed by atoms with van der Waals surface area (Å²) in [5, 5.41) is 4.27. The van der Waals surface area contributed by atoms with E-state index in [0.29, 0.717) is 12.1 Å². The number of carbonyl (C=O) groups excluding carboxylic acids is 1. The van der Waals surface area contributed by atoms with Crippen LogP contribution in [-0.2, 0) is 0 Å². The van der Waals surface area contributed by atoms with E-state index in [-0.39, 0.29) is 11.9 Å². The lowest BCUT2D eigenvalue weighted by atomic mass is 10.2. The highest BCUT2D eigenvalue weighted by atomic mass is 32.2. The van der Waals surface area contributed by atoms with Crippen LogP contribution in [0.25, 0.3) is 0 Å². The molecule has 27 heavy (non-hydrogen) atoms. The molecule has 4 rings (SSSR count). The molecule has 1 saturated heterocycles. The van der Waals surface area contributed by atoms with Crippen molar-refractivity contribution in [1.82, 2.24) is 9.88 Å². The molecule has 2 heterocycles. The SMILES string of the molecule is O=C(c1cccnc1Sc1ccccc1)N1CCC(Nc2ccccc2)C1. The average Bonchev–Trinajstić information content (AvgIpc) is 3.18. The van der Waals surface area contributed by atoms with Crippen LogP contribution in [0.2, 0.25) is 0 Å². The molecule has 3 aromatic rings. The first-order valence-electron chi connectivity index (χ1n) is 9.08. The van der Waals surface area contributed by atoms with E-state index >= 15 is 0 Å². The van der Waals surface area contributed by atoms with Gasteiger partial charge in [-0.15, -0.1) is 0 Å². The van der Waals surface area contributed by atoms with Crippen molar-refractivity contribution in [2.75, 3.05) is 18.4 Å². The number of hydrogen-bond acceptors (Lipinski definition) is 4. The summed E-state index contributed by atoms with van der Waals surface area (Å²) in [5.74, 6) is 0.0545. The highest BCUT2D eigenvalue weighted by Crippen LogP contribution is 2.29. The molecule has 5 heteroatoms. The van der Waals surface area contributed by atoms with E-state index < -0.39 is 0 Å². The lowest BCUT2D eigenvalue weighted by Crippen LogP contribution is -2.32. The van der Waals surface area contributed by atoms with Crippen LogP contribution in [0.3, 0.4) is 0 Å². The standard InChI is InChI=1S/C22H21N3OS/c26-22(25-15-13-18(16-25)24-17-8-3-1-4-9-17)20-12-7-14-23-21(20)27-19-10-5-2-6-11-19/h1-12,14,18,24H,13,15-16H2. The molecule has 1 aliphatic heterocycles. The largest absolute Gasteiger partial charge is 0.380 e. The molecule has 1 unspecified atom stereocenters. The molecule has 1 atom stereocenters. The van der Waals surface area contributed by atoms with Crippen LogP contribution in [0.15, 0.2) is 88.9 Å². The van der Waals surface area contributed by atoms with Crippen molar-refractivity contribution in [3.05, 3.63) is 84.6 Å². The van der Waals surface area contributed by atoms with Crippen LogP contribution in [-0.4, -0.2) is 34.9 Å². The molecule has 0 bridgehead atoms. The van der Waals surface area contributed by atoms with Gasteiger partial charge in [0.1, 0.15) is 5.03 Å². The molecular weight excluding hydrogens is 354 g/mol. The van der Waals surface area contributed by atoms with Crippen molar-refractivity contribution in [2.45, 2.75) is 22.4 Å². The summed E-state index contributed by atoms with van der Waals surface area (Å²) in [7, 11) is 0. The van der Waals surface area contributed by atoms with Gasteiger partial charge < -0.3 is 10.2 Å². The predicted octanol–water partition coefficient (Wildman–Crippen LogP) is 4.56. The number of benzene rings is 2. The van der Waals surface area contributed by atoms with Crippen LogP contribution in [0.1, 0.15) is 16.8 Å². The number of amides is 1. The Balaban J connectivity index is 1.46. The molecule has 0 aliphatic carbocycles. The Kier molecular flexibility index (Phi) is 5.39. The van der Waals surface area contributed by atoms with Gasteiger partial charge in [-0.1, -0.05) is 48.2 Å². The van der Waals surface area contributed by atoms with E-state index in [0.717, 1.165) is 28.6 Å². The van der Waals surface area contributed by atoms with Gasteiger partial charge in [-0.3, -0.25) is 4.79 Å². The van der Waals surface area contributed by atoms with Gasteiger partial charge in [0.2, 0.25) is 0 Å². The number of para-hydroxylation sites is 1. The highest BCUT2D eigenvalue weighted by Gasteiger charge is 2.28. The molecule has 4 nitrogen and oxygen atoms in total. The zero-order chi connectivity index (χ0) is 18.5. The summed E-state index contributed by atoms with van der Waals surface area (Å²) < 4.78 is 0. The fourth-order valence-corrected chi connectivity index (χ4v) is 4.13. The van der Waals surface area contributed by atoms with Crippen LogP contribution in [0.5, 0.6) is 0 Å². The maximum absolute atomic E-state index is 13.1. The quantitative estimate of drug-likeness (QED) is 0.710. The van der Waals surface area contributed by atoms with Crippen molar-refractivity contribution >= 4 is 23.4 Å². The number of carbonyl (C=O) groups is 1. The van der Waals surface area contributed by atoms with Gasteiger partial charge in [0.25, 0.3) is 5.91 Å². The highest BCUT2D eigenvalue weighted by molar-refractivity contribution is 7.99. The molecule has 1 aromatic heterocycles. The number of anilines is 1. The number of hydrogen-bond donors (Lipinski definition) is 1. The van der Waals surface area contributed by atoms with E-state index in [9.17, 15) is 4.79 Å². The number of nitrogens with one attached hydrogen (secondary N) is 1. The van der Waals surface area contributed by atoms with E-state index in [1.165, 1.54) is 11.8 Å². The zero-order valence-electron chi connectivity index (χ0n) is 14.9. The normalized spacial score (nSPS) is 16.3. The van der Waals surface area contributed by atoms with Gasteiger partial charge in [0.05, 0.1) is 5.56 Å². The maximum Gasteiger partial charge on any atom is 0.256 e. The second-order valence-electron chi connectivity index (χ2n) is 6.52. The topological polar surface area (TPSA) is 45.2 Å². The van der Waals surface area contributed by atoms with Gasteiger partial charge in [0, 0.05) is 35.9 Å². The summed E-state index contributed by atoms with van der Waals surface area (Å²) in [6.45, 7) is 1.46. The Morgan fingerprint density at radius 3 is 2.52 bits per heavy atom. The van der Waals surface area contributed by atoms with Gasteiger partial charge in [-0.2, -0.15) is 0 Å². The van der Waals surface area contributed by atoms with Gasteiger partial charge in [-0.25, -0.2) is 4.98 Å². The molecule has 0 spiro atoms. The number of nitrogens with zero attached hydrogens (tertiary/aromatic N) is 2. The molecule has 1 fully saturated rings. The van der Waals surface area contributed by atoms with Crippen molar-refractivity contribution in [3.8, 4) is 0 Å². The summed E-state index contributed by atoms with van der Waals surface area (Å²) in [5.41, 5.74) is 1.77. The molecule has 1 N–H and O–H groups in total. The van der Waals surface area contributed by atoms with E-state index in [1.54, 1.807) is 6.20 Å². The van der Waals surface area contributed by atoms with Crippen LogP contribution < -0.4 is 5.32 Å². The van der Waals surface area contributed by atoms with E-state index in [2.05, 4.69) is 22.4 Å². The van der Waals surface area contributed by atoms with Gasteiger partial charge in [-0.05, 0) is 42.8 Å². The Morgan fingerprint density at radius 1 is 1.00 bits per heavy atom. The first-order valence-corrected chi connectivity index (χ1v) is 9.90. The minimum Gasteiger partial charge on any atom is -0.380 e. The Bertz CT molecular complexity index is 902. The van der Waals surface area contributed by atoms with Crippen molar-refractivity contribution < 1.29 is 4.79 Å². The third-order valence-electron chi connectivity index (χ3n) is 4.58. The lowest BCUT2D eigenvalue weighted by molar-refractivity contribution is 0.0787. The molecule has 0 saturated carbocycles. The van der Waals surface area contributed by atoms with Gasteiger partial charge >= 0.3 is 0 Å².